The molecule has 7 nitrogen and oxygen atoms in total. The maximum atomic E-state index is 12.6. The molecule has 1 fully saturated rings. The van der Waals surface area contributed by atoms with Crippen LogP contribution < -0.4 is 5.32 Å². The first kappa shape index (κ1) is 17.8. The fourth-order valence-electron chi connectivity index (χ4n) is 3.01. The molecule has 1 aliphatic heterocycles. The summed E-state index contributed by atoms with van der Waals surface area (Å²) in [5.41, 5.74) is 1.53. The molecule has 25 heavy (non-hydrogen) atoms. The number of hydrogen-bond acceptors (Lipinski definition) is 6. The average molecular weight is 361 g/mol. The zero-order valence-electron chi connectivity index (χ0n) is 14.9. The highest BCUT2D eigenvalue weighted by molar-refractivity contribution is 7.99. The Kier molecular flexibility index (Phi) is 5.29. The monoisotopic (exact) mass is 361 g/mol. The summed E-state index contributed by atoms with van der Waals surface area (Å²) in [6, 6.07) is 7.77. The quantitative estimate of drug-likeness (QED) is 0.902. The molecule has 0 unspecified atom stereocenters. The van der Waals surface area contributed by atoms with Crippen molar-refractivity contribution in [1.82, 2.24) is 19.9 Å². The average Bonchev–Trinajstić information content (AvgIpc) is 3.21. The Morgan fingerprint density at radius 1 is 1.40 bits per heavy atom. The summed E-state index contributed by atoms with van der Waals surface area (Å²) in [7, 11) is 4.12. The second kappa shape index (κ2) is 7.45. The zero-order valence-corrected chi connectivity index (χ0v) is 15.7. The molecule has 3 rings (SSSR count). The van der Waals surface area contributed by atoms with Crippen LogP contribution in [0.1, 0.15) is 5.89 Å². The van der Waals surface area contributed by atoms with Crippen LogP contribution in [0.15, 0.2) is 28.8 Å². The van der Waals surface area contributed by atoms with E-state index in [2.05, 4.69) is 40.7 Å². The molecule has 1 aromatic heterocycles. The maximum absolute atomic E-state index is 12.6. The molecule has 2 aromatic rings. The van der Waals surface area contributed by atoms with Crippen LogP contribution in [0.5, 0.6) is 0 Å². The minimum atomic E-state index is -0.0788. The number of rotatable bonds is 4. The number of nitrogens with zero attached hydrogens (tertiary/aromatic N) is 4. The Balaban J connectivity index is 1.69. The number of likely N-dealkylation sites (tertiary alicyclic amines) is 1. The largest absolute Gasteiger partial charge is 0.339 e. The number of benzene rings is 1. The van der Waals surface area contributed by atoms with E-state index < -0.39 is 0 Å². The van der Waals surface area contributed by atoms with E-state index in [1.54, 1.807) is 6.92 Å². The number of likely N-dealkylation sites (N-methyl/N-ethyl adjacent to an activating group) is 1. The molecule has 0 spiro atoms. The highest BCUT2D eigenvalue weighted by Gasteiger charge is 2.36. The molecule has 1 saturated heterocycles. The molecule has 8 heteroatoms. The zero-order chi connectivity index (χ0) is 18.0. The van der Waals surface area contributed by atoms with Gasteiger partial charge in [0, 0.05) is 42.6 Å². The van der Waals surface area contributed by atoms with Crippen molar-refractivity contribution < 1.29 is 9.32 Å². The van der Waals surface area contributed by atoms with Crippen LogP contribution in [0.2, 0.25) is 0 Å². The van der Waals surface area contributed by atoms with E-state index in [0.29, 0.717) is 23.0 Å². The summed E-state index contributed by atoms with van der Waals surface area (Å²) >= 11 is 1.81. The van der Waals surface area contributed by atoms with Gasteiger partial charge in [-0.05, 0) is 32.5 Å². The minimum Gasteiger partial charge on any atom is -0.339 e. The van der Waals surface area contributed by atoms with Gasteiger partial charge in [-0.1, -0.05) is 17.3 Å². The van der Waals surface area contributed by atoms with Crippen molar-refractivity contribution in [1.29, 1.82) is 0 Å². The molecule has 134 valence electrons. The second-order valence-electron chi connectivity index (χ2n) is 6.36. The number of aryl methyl sites for hydroxylation is 1. The summed E-state index contributed by atoms with van der Waals surface area (Å²) in [5.74, 6) is 1.03. The summed E-state index contributed by atoms with van der Waals surface area (Å²) in [6.07, 6.45) is 2.10. The van der Waals surface area contributed by atoms with Gasteiger partial charge in [0.1, 0.15) is 0 Å². The van der Waals surface area contributed by atoms with Crippen LogP contribution in [0, 0.1) is 6.92 Å². The van der Waals surface area contributed by atoms with E-state index in [1.807, 2.05) is 40.9 Å². The number of thioether (sulfide) groups is 1. The summed E-state index contributed by atoms with van der Waals surface area (Å²) in [5, 5.41) is 7.32. The summed E-state index contributed by atoms with van der Waals surface area (Å²) in [6.45, 7) is 3.23. The summed E-state index contributed by atoms with van der Waals surface area (Å²) in [4.78, 5) is 20.9. The fraction of sp³-hybridized carbons (Fsp3) is 0.471. The Morgan fingerprint density at radius 3 is 2.80 bits per heavy atom. The van der Waals surface area contributed by atoms with Gasteiger partial charge < -0.3 is 19.6 Å². The first-order valence-corrected chi connectivity index (χ1v) is 9.42. The first-order valence-electron chi connectivity index (χ1n) is 8.14. The number of hydrogen-bond donors (Lipinski definition) is 1. The van der Waals surface area contributed by atoms with Crippen molar-refractivity contribution in [2.75, 3.05) is 38.8 Å². The lowest BCUT2D eigenvalue weighted by molar-refractivity contribution is 0.216. The second-order valence-corrected chi connectivity index (χ2v) is 7.43. The van der Waals surface area contributed by atoms with Gasteiger partial charge in [-0.25, -0.2) is 4.79 Å². The maximum Gasteiger partial charge on any atom is 0.321 e. The van der Waals surface area contributed by atoms with Crippen molar-refractivity contribution in [3.63, 3.8) is 0 Å². The van der Waals surface area contributed by atoms with Gasteiger partial charge in [-0.3, -0.25) is 0 Å². The van der Waals surface area contributed by atoms with Gasteiger partial charge in [0.25, 0.3) is 0 Å². The van der Waals surface area contributed by atoms with Gasteiger partial charge >= 0.3 is 6.03 Å². The molecular formula is C17H23N5O2S. The van der Waals surface area contributed by atoms with Crippen LogP contribution in [0.25, 0.3) is 11.4 Å². The number of nitrogens with one attached hydrogen (secondary N) is 1. The van der Waals surface area contributed by atoms with E-state index in [-0.39, 0.29) is 6.03 Å². The standard InChI is InChI=1S/C17H23N5O2S/c1-11-18-16(20-24-11)12-6-5-7-13(8-12)19-17(23)22-9-14(21(2)3)15(10-22)25-4/h5-8,14-15H,9-10H2,1-4H3,(H,19,23)/t14-,15-/m1/s1. The summed E-state index contributed by atoms with van der Waals surface area (Å²) < 4.78 is 5.02. The van der Waals surface area contributed by atoms with Crippen molar-refractivity contribution in [2.24, 2.45) is 0 Å². The van der Waals surface area contributed by atoms with Crippen molar-refractivity contribution >= 4 is 23.5 Å². The third-order valence-corrected chi connectivity index (χ3v) is 5.46. The molecule has 0 saturated carbocycles. The molecule has 0 bridgehead atoms. The molecule has 2 atom stereocenters. The first-order chi connectivity index (χ1) is 12.0. The Labute approximate surface area is 151 Å². The lowest BCUT2D eigenvalue weighted by Crippen LogP contribution is -2.38. The Hall–Kier alpha value is -2.06. The molecule has 1 aliphatic rings. The number of carbonyl (C=O) groups excluding carboxylic acids is 1. The highest BCUT2D eigenvalue weighted by Crippen LogP contribution is 2.25. The highest BCUT2D eigenvalue weighted by atomic mass is 32.2. The van der Waals surface area contributed by atoms with Gasteiger partial charge in [0.05, 0.1) is 0 Å². The molecule has 2 heterocycles. The van der Waals surface area contributed by atoms with Gasteiger partial charge in [0.15, 0.2) is 0 Å². The normalized spacial score (nSPS) is 20.3. The predicted octanol–water partition coefficient (Wildman–Crippen LogP) is 2.55. The van der Waals surface area contributed by atoms with Gasteiger partial charge in [0.2, 0.25) is 11.7 Å². The molecule has 0 radical (unpaired) electrons. The molecular weight excluding hydrogens is 338 g/mol. The molecule has 1 aromatic carbocycles. The molecule has 2 amide bonds. The van der Waals surface area contributed by atoms with Crippen molar-refractivity contribution in [2.45, 2.75) is 18.2 Å². The van der Waals surface area contributed by atoms with Crippen LogP contribution in [-0.4, -0.2) is 70.7 Å². The SMILES string of the molecule is CS[C@@H]1CN(C(=O)Nc2cccc(-c3noc(C)n3)c2)C[C@H]1N(C)C. The number of amides is 2. The lowest BCUT2D eigenvalue weighted by Gasteiger charge is -2.23. The smallest absolute Gasteiger partial charge is 0.321 e. The number of carbonyl (C=O) groups is 1. The topological polar surface area (TPSA) is 74.5 Å². The predicted molar refractivity (Wildman–Crippen MR) is 99.8 cm³/mol. The van der Waals surface area contributed by atoms with Gasteiger partial charge in [-0.2, -0.15) is 16.7 Å². The lowest BCUT2D eigenvalue weighted by atomic mass is 10.2. The van der Waals surface area contributed by atoms with Crippen molar-refractivity contribution in [3.05, 3.63) is 30.2 Å². The molecule has 0 aliphatic carbocycles. The van der Waals surface area contributed by atoms with Crippen LogP contribution in [-0.2, 0) is 0 Å². The van der Waals surface area contributed by atoms with Crippen molar-refractivity contribution in [3.8, 4) is 11.4 Å². The number of aromatic nitrogens is 2. The third-order valence-electron chi connectivity index (χ3n) is 4.39. The fourth-order valence-corrected chi connectivity index (χ4v) is 3.98. The third kappa shape index (κ3) is 3.96. The number of urea groups is 1. The molecule has 1 N–H and O–H groups in total. The van der Waals surface area contributed by atoms with Crippen LogP contribution >= 0.6 is 11.8 Å². The minimum absolute atomic E-state index is 0.0788. The van der Waals surface area contributed by atoms with E-state index in [0.717, 1.165) is 24.3 Å². The van der Waals surface area contributed by atoms with E-state index >= 15 is 0 Å². The van der Waals surface area contributed by atoms with E-state index in [4.69, 9.17) is 4.52 Å². The Morgan fingerprint density at radius 2 is 2.20 bits per heavy atom. The van der Waals surface area contributed by atoms with Crippen LogP contribution in [0.4, 0.5) is 10.5 Å². The Bertz CT molecular complexity index is 748. The van der Waals surface area contributed by atoms with E-state index in [9.17, 15) is 4.79 Å². The number of anilines is 1. The van der Waals surface area contributed by atoms with E-state index in [1.165, 1.54) is 0 Å². The van der Waals surface area contributed by atoms with Gasteiger partial charge in [-0.15, -0.1) is 0 Å². The van der Waals surface area contributed by atoms with Crippen LogP contribution in [0.3, 0.4) is 0 Å².